The zero-order chi connectivity index (χ0) is 19.4. The Morgan fingerprint density at radius 2 is 2.14 bits per heavy atom. The number of hydrogen-bond donors (Lipinski definition) is 2. The summed E-state index contributed by atoms with van der Waals surface area (Å²) in [6, 6.07) is 4.58. The van der Waals surface area contributed by atoms with Crippen LogP contribution in [0.4, 0.5) is 8.78 Å². The molecule has 1 saturated carbocycles. The maximum absolute atomic E-state index is 14.0. The molecule has 1 unspecified atom stereocenters. The molecule has 1 aliphatic heterocycles. The zero-order valence-corrected chi connectivity index (χ0v) is 16.0. The third-order valence-corrected chi connectivity index (χ3v) is 6.31. The van der Waals surface area contributed by atoms with E-state index in [-0.39, 0.29) is 0 Å². The van der Waals surface area contributed by atoms with Crippen molar-refractivity contribution in [2.24, 2.45) is 0 Å². The fourth-order valence-electron chi connectivity index (χ4n) is 4.45. The SMILES string of the molecule is C=C(c1cc2c(C(C)F)cc(F)cc2[nH]1)N1CCc2[nH]nc(C3CCC3)c2C1. The average molecular weight is 382 g/mol. The molecule has 5 rings (SSSR count). The van der Waals surface area contributed by atoms with E-state index in [0.29, 0.717) is 22.4 Å². The highest BCUT2D eigenvalue weighted by atomic mass is 19.1. The molecular weight excluding hydrogens is 358 g/mol. The molecule has 2 aromatic heterocycles. The number of benzene rings is 1. The molecule has 3 aromatic rings. The highest BCUT2D eigenvalue weighted by Gasteiger charge is 2.30. The van der Waals surface area contributed by atoms with E-state index in [2.05, 4.69) is 26.7 Å². The Hall–Kier alpha value is -2.63. The van der Waals surface area contributed by atoms with Gasteiger partial charge in [-0.1, -0.05) is 13.0 Å². The molecular formula is C22H24F2N4. The summed E-state index contributed by atoms with van der Waals surface area (Å²) >= 11 is 0. The molecule has 4 nitrogen and oxygen atoms in total. The van der Waals surface area contributed by atoms with Crippen molar-refractivity contribution in [2.75, 3.05) is 6.54 Å². The molecule has 2 N–H and O–H groups in total. The number of fused-ring (bicyclic) bond motifs is 2. The standard InChI is InChI=1S/C22H24F2N4/c1-12(23)16-8-15(24)9-21-17(16)10-20(25-21)13(2)28-7-6-19-18(11-28)22(27-26-19)14-4-3-5-14/h8-10,12,14,25H,2-7,11H2,1H3,(H,26,27). The first-order valence-electron chi connectivity index (χ1n) is 9.97. The molecule has 6 heteroatoms. The van der Waals surface area contributed by atoms with E-state index in [1.165, 1.54) is 55.3 Å². The van der Waals surface area contributed by atoms with Gasteiger partial charge < -0.3 is 9.88 Å². The minimum absolute atomic E-state index is 0.369. The number of aromatic nitrogens is 3. The van der Waals surface area contributed by atoms with Gasteiger partial charge in [0.25, 0.3) is 0 Å². The van der Waals surface area contributed by atoms with Crippen LogP contribution in [0.1, 0.15) is 66.5 Å². The highest BCUT2D eigenvalue weighted by molar-refractivity contribution is 5.87. The Balaban J connectivity index is 1.45. The van der Waals surface area contributed by atoms with Gasteiger partial charge in [-0.15, -0.1) is 0 Å². The first kappa shape index (κ1) is 17.5. The Kier molecular flexibility index (Phi) is 4.03. The topological polar surface area (TPSA) is 47.7 Å². The number of nitrogens with one attached hydrogen (secondary N) is 2. The summed E-state index contributed by atoms with van der Waals surface area (Å²) in [6.45, 7) is 7.33. The normalized spacial score (nSPS) is 18.2. The Bertz CT molecular complexity index is 1060. The van der Waals surface area contributed by atoms with Gasteiger partial charge in [0, 0.05) is 47.6 Å². The number of hydrogen-bond acceptors (Lipinski definition) is 2. The maximum Gasteiger partial charge on any atom is 0.125 e. The number of aromatic amines is 2. The summed E-state index contributed by atoms with van der Waals surface area (Å²) in [5.74, 6) is 0.148. The van der Waals surface area contributed by atoms with Crippen molar-refractivity contribution < 1.29 is 8.78 Å². The predicted molar refractivity (Wildman–Crippen MR) is 106 cm³/mol. The zero-order valence-electron chi connectivity index (χ0n) is 16.0. The van der Waals surface area contributed by atoms with Crippen LogP contribution in [0.2, 0.25) is 0 Å². The largest absolute Gasteiger partial charge is 0.365 e. The van der Waals surface area contributed by atoms with Crippen LogP contribution in [0, 0.1) is 5.82 Å². The van der Waals surface area contributed by atoms with Gasteiger partial charge in [0.2, 0.25) is 0 Å². The Morgan fingerprint density at radius 1 is 1.32 bits per heavy atom. The molecule has 0 amide bonds. The van der Waals surface area contributed by atoms with Gasteiger partial charge in [-0.25, -0.2) is 8.78 Å². The first-order valence-corrected chi connectivity index (χ1v) is 9.97. The lowest BCUT2D eigenvalue weighted by molar-refractivity contribution is 0.360. The van der Waals surface area contributed by atoms with Crippen LogP contribution < -0.4 is 0 Å². The molecule has 0 bridgehead atoms. The summed E-state index contributed by atoms with van der Waals surface area (Å²) in [6.07, 6.45) is 3.38. The number of alkyl halides is 1. The molecule has 3 heterocycles. The van der Waals surface area contributed by atoms with Crippen molar-refractivity contribution in [2.45, 2.75) is 51.2 Å². The van der Waals surface area contributed by atoms with Gasteiger partial charge in [0.05, 0.1) is 17.1 Å². The fraction of sp³-hybridized carbons (Fsp3) is 0.409. The summed E-state index contributed by atoms with van der Waals surface area (Å²) in [7, 11) is 0. The smallest absolute Gasteiger partial charge is 0.125 e. The molecule has 0 saturated heterocycles. The third kappa shape index (κ3) is 2.74. The minimum atomic E-state index is -1.23. The highest BCUT2D eigenvalue weighted by Crippen LogP contribution is 2.40. The molecule has 146 valence electrons. The maximum atomic E-state index is 14.0. The lowest BCUT2D eigenvalue weighted by atomic mass is 9.80. The summed E-state index contributed by atoms with van der Waals surface area (Å²) in [5.41, 5.74) is 6.38. The van der Waals surface area contributed by atoms with Crippen LogP contribution in [0.15, 0.2) is 24.8 Å². The summed E-state index contributed by atoms with van der Waals surface area (Å²) in [5, 5.41) is 8.53. The first-order chi connectivity index (χ1) is 13.5. The second-order valence-corrected chi connectivity index (χ2v) is 8.07. The lowest BCUT2D eigenvalue weighted by Crippen LogP contribution is -2.29. The van der Waals surface area contributed by atoms with Crippen LogP contribution in [-0.2, 0) is 13.0 Å². The summed E-state index contributed by atoms with van der Waals surface area (Å²) < 4.78 is 27.9. The van der Waals surface area contributed by atoms with Crippen LogP contribution >= 0.6 is 0 Å². The van der Waals surface area contributed by atoms with E-state index in [4.69, 9.17) is 0 Å². The quantitative estimate of drug-likeness (QED) is 0.638. The van der Waals surface area contributed by atoms with Crippen molar-refractivity contribution in [1.82, 2.24) is 20.1 Å². The molecule has 1 aromatic carbocycles. The third-order valence-electron chi connectivity index (χ3n) is 6.31. The average Bonchev–Trinajstić information content (AvgIpc) is 3.23. The molecule has 2 aliphatic rings. The van der Waals surface area contributed by atoms with Crippen LogP contribution in [0.25, 0.3) is 16.6 Å². The second kappa shape index (κ2) is 6.47. The fourth-order valence-corrected chi connectivity index (χ4v) is 4.45. The Labute approximate surface area is 162 Å². The molecule has 1 atom stereocenters. The molecule has 0 spiro atoms. The van der Waals surface area contributed by atoms with Gasteiger partial charge in [-0.05, 0) is 43.5 Å². The van der Waals surface area contributed by atoms with Crippen molar-refractivity contribution >= 4 is 16.6 Å². The molecule has 0 radical (unpaired) electrons. The van der Waals surface area contributed by atoms with E-state index in [1.54, 1.807) is 0 Å². The van der Waals surface area contributed by atoms with E-state index in [9.17, 15) is 8.78 Å². The van der Waals surface area contributed by atoms with Crippen molar-refractivity contribution in [1.29, 1.82) is 0 Å². The Morgan fingerprint density at radius 3 is 2.86 bits per heavy atom. The van der Waals surface area contributed by atoms with Gasteiger partial charge in [0.1, 0.15) is 12.0 Å². The summed E-state index contributed by atoms with van der Waals surface area (Å²) in [4.78, 5) is 5.47. The van der Waals surface area contributed by atoms with Crippen LogP contribution in [-0.4, -0.2) is 26.6 Å². The lowest BCUT2D eigenvalue weighted by Gasteiger charge is -2.32. The number of halogens is 2. The van der Waals surface area contributed by atoms with Crippen molar-refractivity contribution in [3.05, 3.63) is 58.8 Å². The number of nitrogens with zero attached hydrogens (tertiary/aromatic N) is 2. The monoisotopic (exact) mass is 382 g/mol. The van der Waals surface area contributed by atoms with Gasteiger partial charge >= 0.3 is 0 Å². The van der Waals surface area contributed by atoms with Crippen LogP contribution in [0.5, 0.6) is 0 Å². The minimum Gasteiger partial charge on any atom is -0.365 e. The number of rotatable bonds is 4. The molecule has 1 fully saturated rings. The van der Waals surface area contributed by atoms with E-state index in [1.807, 2.05) is 6.07 Å². The van der Waals surface area contributed by atoms with Crippen LogP contribution in [0.3, 0.4) is 0 Å². The van der Waals surface area contributed by atoms with E-state index in [0.717, 1.165) is 30.9 Å². The molecule has 1 aliphatic carbocycles. The molecule has 28 heavy (non-hydrogen) atoms. The number of H-pyrrole nitrogens is 2. The second-order valence-electron chi connectivity index (χ2n) is 8.07. The van der Waals surface area contributed by atoms with Gasteiger partial charge in [0.15, 0.2) is 0 Å². The van der Waals surface area contributed by atoms with Gasteiger partial charge in [-0.3, -0.25) is 5.10 Å². The predicted octanol–water partition coefficient (Wildman–Crippen LogP) is 5.36. The van der Waals surface area contributed by atoms with E-state index < -0.39 is 12.0 Å². The van der Waals surface area contributed by atoms with Gasteiger partial charge in [-0.2, -0.15) is 5.10 Å². The van der Waals surface area contributed by atoms with Crippen molar-refractivity contribution in [3.63, 3.8) is 0 Å². The van der Waals surface area contributed by atoms with E-state index >= 15 is 0 Å². The van der Waals surface area contributed by atoms with Crippen molar-refractivity contribution in [3.8, 4) is 0 Å².